The van der Waals surface area contributed by atoms with Crippen LogP contribution in [0.4, 0.5) is 17.6 Å². The quantitative estimate of drug-likeness (QED) is 0.217. The second-order valence-corrected chi connectivity index (χ2v) is 9.30. The van der Waals surface area contributed by atoms with Crippen LogP contribution in [0, 0.1) is 5.82 Å². The van der Waals surface area contributed by atoms with Gasteiger partial charge in [-0.2, -0.15) is 13.2 Å². The van der Waals surface area contributed by atoms with Crippen molar-refractivity contribution in [1.29, 1.82) is 0 Å². The molecule has 0 aliphatic rings. The normalized spacial score (nSPS) is 12.8. The van der Waals surface area contributed by atoms with Crippen LogP contribution in [0.5, 0.6) is 11.5 Å². The molecule has 43 heavy (non-hydrogen) atoms. The molecule has 0 saturated heterocycles. The molecule has 2 heterocycles. The summed E-state index contributed by atoms with van der Waals surface area (Å²) in [6, 6.07) is 9.62. The average Bonchev–Trinajstić information content (AvgIpc) is 3.50. The van der Waals surface area contributed by atoms with Crippen LogP contribution in [0.25, 0.3) is 22.4 Å². The van der Waals surface area contributed by atoms with Gasteiger partial charge in [0.1, 0.15) is 29.3 Å². The Balaban J connectivity index is 1.75. The van der Waals surface area contributed by atoms with Gasteiger partial charge >= 0.3 is 6.18 Å². The van der Waals surface area contributed by atoms with Crippen molar-refractivity contribution >= 4 is 11.8 Å². The lowest BCUT2D eigenvalue weighted by Crippen LogP contribution is -2.51. The zero-order valence-electron chi connectivity index (χ0n) is 22.9. The number of nitrogens with one attached hydrogen (secondary N) is 1. The number of amides is 2. The molecular formula is C29H26F4N4O6. The fourth-order valence-corrected chi connectivity index (χ4v) is 4.28. The number of carbonyl (C=O) groups excluding carboxylic acids is 2. The summed E-state index contributed by atoms with van der Waals surface area (Å²) in [6.07, 6.45) is -3.16. The number of carbonyl (C=O) groups is 2. The fraction of sp³-hybridized carbons (Fsp3) is 0.241. The number of methoxy groups -OCH3 is 1. The molecular weight excluding hydrogens is 576 g/mol. The third kappa shape index (κ3) is 6.59. The van der Waals surface area contributed by atoms with E-state index in [9.17, 15) is 32.3 Å². The SMILES string of the molecule is CCOc1c(CC(N)=O)cc([C@@](O)(CNC(=O)c2ccc(-c3cnoc3)c(OC)c2)C(F)(F)F)nc1-c1ccc(F)cc1. The van der Waals surface area contributed by atoms with E-state index in [0.717, 1.165) is 18.2 Å². The minimum atomic E-state index is -5.36. The molecule has 1 atom stereocenters. The smallest absolute Gasteiger partial charge is 0.424 e. The van der Waals surface area contributed by atoms with E-state index in [-0.39, 0.29) is 40.5 Å². The predicted molar refractivity (Wildman–Crippen MR) is 144 cm³/mol. The number of rotatable bonds is 11. The van der Waals surface area contributed by atoms with Gasteiger partial charge in [0, 0.05) is 27.8 Å². The maximum Gasteiger partial charge on any atom is 0.424 e. The number of nitrogens with two attached hydrogens (primary N) is 1. The summed E-state index contributed by atoms with van der Waals surface area (Å²) >= 11 is 0. The Hall–Kier alpha value is -4.98. The first-order chi connectivity index (χ1) is 20.4. The molecule has 0 saturated carbocycles. The molecule has 0 unspecified atom stereocenters. The molecule has 2 amide bonds. The van der Waals surface area contributed by atoms with E-state index in [0.29, 0.717) is 11.1 Å². The van der Waals surface area contributed by atoms with E-state index in [1.807, 2.05) is 0 Å². The number of alkyl halides is 3. The average molecular weight is 603 g/mol. The van der Waals surface area contributed by atoms with Crippen molar-refractivity contribution < 1.29 is 46.3 Å². The van der Waals surface area contributed by atoms with Crippen LogP contribution in [0.15, 0.2) is 65.5 Å². The summed E-state index contributed by atoms with van der Waals surface area (Å²) in [5, 5.41) is 16.8. The topological polar surface area (TPSA) is 150 Å². The summed E-state index contributed by atoms with van der Waals surface area (Å²) in [5.41, 5.74) is 1.51. The Labute approximate surface area is 242 Å². The highest BCUT2D eigenvalue weighted by atomic mass is 19.4. The van der Waals surface area contributed by atoms with Crippen LogP contribution >= 0.6 is 0 Å². The van der Waals surface area contributed by atoms with Gasteiger partial charge < -0.3 is 30.2 Å². The maximum atomic E-state index is 14.6. The first-order valence-corrected chi connectivity index (χ1v) is 12.7. The largest absolute Gasteiger partial charge is 0.496 e. The predicted octanol–water partition coefficient (Wildman–Crippen LogP) is 4.16. The van der Waals surface area contributed by atoms with Gasteiger partial charge in [-0.05, 0) is 55.5 Å². The molecule has 2 aromatic carbocycles. The lowest BCUT2D eigenvalue weighted by Gasteiger charge is -2.31. The third-order valence-electron chi connectivity index (χ3n) is 6.43. The zero-order chi connectivity index (χ0) is 31.4. The van der Waals surface area contributed by atoms with Gasteiger partial charge in [0.15, 0.2) is 0 Å². The summed E-state index contributed by atoms with van der Waals surface area (Å²) in [7, 11) is 1.34. The van der Waals surface area contributed by atoms with Gasteiger partial charge in [-0.25, -0.2) is 9.37 Å². The molecule has 0 radical (unpaired) electrons. The van der Waals surface area contributed by atoms with E-state index in [1.165, 1.54) is 49.9 Å². The van der Waals surface area contributed by atoms with Crippen molar-refractivity contribution in [3.63, 3.8) is 0 Å². The molecule has 0 spiro atoms. The summed E-state index contributed by atoms with van der Waals surface area (Å²) < 4.78 is 73.0. The Kier molecular flexibility index (Phi) is 8.99. The molecule has 0 aliphatic heterocycles. The number of primary amides is 1. The summed E-state index contributed by atoms with van der Waals surface area (Å²) in [4.78, 5) is 28.9. The highest BCUT2D eigenvalue weighted by Gasteiger charge is 2.56. The Bertz CT molecular complexity index is 1610. The molecule has 2 aromatic heterocycles. The Morgan fingerprint density at radius 3 is 2.40 bits per heavy atom. The second-order valence-electron chi connectivity index (χ2n) is 9.30. The highest BCUT2D eigenvalue weighted by Crippen LogP contribution is 2.42. The third-order valence-corrected chi connectivity index (χ3v) is 6.43. The minimum Gasteiger partial charge on any atom is -0.496 e. The highest BCUT2D eigenvalue weighted by molar-refractivity contribution is 5.95. The monoisotopic (exact) mass is 602 g/mol. The standard InChI is InChI=1S/C29H26F4N4O6/c1-3-42-26-18(12-24(34)38)11-23(37-25(26)16-4-7-20(30)8-5-16)28(40,29(31,32)33)15-35-27(39)17-6-9-21(22(10-17)41-2)19-13-36-43-14-19/h4-11,13-14,40H,3,12,15H2,1-2H3,(H2,34,38)(H,35,39)/t28-/m0/s1. The van der Waals surface area contributed by atoms with Crippen LogP contribution in [0.1, 0.15) is 28.5 Å². The van der Waals surface area contributed by atoms with Crippen LogP contribution in [0.3, 0.4) is 0 Å². The van der Waals surface area contributed by atoms with Gasteiger partial charge in [-0.3, -0.25) is 9.59 Å². The van der Waals surface area contributed by atoms with Gasteiger partial charge in [0.2, 0.25) is 11.5 Å². The second kappa shape index (κ2) is 12.5. The number of aliphatic hydroxyl groups is 1. The number of hydrogen-bond donors (Lipinski definition) is 3. The lowest BCUT2D eigenvalue weighted by molar-refractivity contribution is -0.265. The molecule has 4 aromatic rings. The Morgan fingerprint density at radius 1 is 1.09 bits per heavy atom. The van der Waals surface area contributed by atoms with Crippen LogP contribution in [-0.4, -0.2) is 53.5 Å². The summed E-state index contributed by atoms with van der Waals surface area (Å²) in [5.74, 6) is -2.31. The maximum absolute atomic E-state index is 14.6. The Morgan fingerprint density at radius 2 is 1.81 bits per heavy atom. The number of benzene rings is 2. The van der Waals surface area contributed by atoms with E-state index in [1.54, 1.807) is 6.92 Å². The first kappa shape index (κ1) is 31.0. The molecule has 10 nitrogen and oxygen atoms in total. The van der Waals surface area contributed by atoms with Crippen molar-refractivity contribution in [3.05, 3.63) is 83.6 Å². The molecule has 4 rings (SSSR count). The molecule has 0 fully saturated rings. The van der Waals surface area contributed by atoms with E-state index in [4.69, 9.17) is 19.7 Å². The van der Waals surface area contributed by atoms with Gasteiger partial charge in [0.25, 0.3) is 5.91 Å². The number of halogens is 4. The van der Waals surface area contributed by atoms with Crippen molar-refractivity contribution in [2.75, 3.05) is 20.3 Å². The minimum absolute atomic E-state index is 0.0416. The van der Waals surface area contributed by atoms with Crippen molar-refractivity contribution in [2.45, 2.75) is 25.1 Å². The summed E-state index contributed by atoms with van der Waals surface area (Å²) in [6.45, 7) is 0.288. The van der Waals surface area contributed by atoms with Crippen LogP contribution < -0.4 is 20.5 Å². The fourth-order valence-electron chi connectivity index (χ4n) is 4.28. The lowest BCUT2D eigenvalue weighted by atomic mass is 9.93. The van der Waals surface area contributed by atoms with E-state index >= 15 is 0 Å². The van der Waals surface area contributed by atoms with Crippen LogP contribution in [-0.2, 0) is 16.8 Å². The molecule has 14 heteroatoms. The number of ether oxygens (including phenoxy) is 2. The van der Waals surface area contributed by atoms with Gasteiger partial charge in [-0.15, -0.1) is 0 Å². The van der Waals surface area contributed by atoms with E-state index in [2.05, 4.69) is 15.5 Å². The molecule has 0 bridgehead atoms. The first-order valence-electron chi connectivity index (χ1n) is 12.7. The number of nitrogens with zero attached hydrogens (tertiary/aromatic N) is 2. The molecule has 226 valence electrons. The number of aromatic nitrogens is 2. The molecule has 4 N–H and O–H groups in total. The van der Waals surface area contributed by atoms with Gasteiger partial charge in [-0.1, -0.05) is 5.16 Å². The zero-order valence-corrected chi connectivity index (χ0v) is 22.9. The number of hydrogen-bond acceptors (Lipinski definition) is 8. The van der Waals surface area contributed by atoms with Gasteiger partial charge in [0.05, 0.1) is 38.6 Å². The van der Waals surface area contributed by atoms with Crippen molar-refractivity contribution in [3.8, 4) is 33.9 Å². The number of pyridine rings is 1. The van der Waals surface area contributed by atoms with Crippen molar-refractivity contribution in [1.82, 2.24) is 15.5 Å². The van der Waals surface area contributed by atoms with Crippen LogP contribution in [0.2, 0.25) is 0 Å². The molecule has 0 aliphatic carbocycles. The van der Waals surface area contributed by atoms with Crippen molar-refractivity contribution in [2.24, 2.45) is 5.73 Å². The van der Waals surface area contributed by atoms with E-state index < -0.39 is 48.1 Å².